The van der Waals surface area contributed by atoms with Gasteiger partial charge in [0.15, 0.2) is 0 Å². The molecule has 17 heavy (non-hydrogen) atoms. The topological polar surface area (TPSA) is 49.4 Å². The van der Waals surface area contributed by atoms with Gasteiger partial charge in [-0.15, -0.1) is 0 Å². The predicted molar refractivity (Wildman–Crippen MR) is 61.9 cm³/mol. The molecule has 0 bridgehead atoms. The number of rotatable bonds is 2. The fourth-order valence-electron chi connectivity index (χ4n) is 2.65. The molecule has 4 heteroatoms. The molecule has 0 spiro atoms. The van der Waals surface area contributed by atoms with Crippen molar-refractivity contribution in [3.8, 4) is 0 Å². The number of nitrogens with zero attached hydrogens (tertiary/aromatic N) is 1. The van der Waals surface area contributed by atoms with Gasteiger partial charge in [0, 0.05) is 12.8 Å². The van der Waals surface area contributed by atoms with E-state index in [1.807, 2.05) is 30.3 Å². The van der Waals surface area contributed by atoms with Crippen molar-refractivity contribution >= 4 is 11.8 Å². The summed E-state index contributed by atoms with van der Waals surface area (Å²) in [5.74, 6) is 0.0705. The molecule has 2 aliphatic rings. The Morgan fingerprint density at radius 3 is 2.76 bits per heavy atom. The third-order valence-corrected chi connectivity index (χ3v) is 3.47. The number of carbonyl (C=O) groups excluding carboxylic acids is 2. The second kappa shape index (κ2) is 3.87. The number of fused-ring (bicyclic) bond motifs is 1. The zero-order chi connectivity index (χ0) is 11.8. The van der Waals surface area contributed by atoms with Crippen molar-refractivity contribution in [3.63, 3.8) is 0 Å². The molecule has 2 amide bonds. The zero-order valence-electron chi connectivity index (χ0n) is 9.43. The number of hydrogen-bond donors (Lipinski definition) is 1. The molecule has 0 saturated carbocycles. The average Bonchev–Trinajstić information content (AvgIpc) is 2.83. The summed E-state index contributed by atoms with van der Waals surface area (Å²) in [7, 11) is 0. The van der Waals surface area contributed by atoms with Gasteiger partial charge in [0.2, 0.25) is 11.8 Å². The van der Waals surface area contributed by atoms with Gasteiger partial charge in [-0.1, -0.05) is 30.3 Å². The smallest absolute Gasteiger partial charge is 0.244 e. The van der Waals surface area contributed by atoms with E-state index in [4.69, 9.17) is 0 Å². The summed E-state index contributed by atoms with van der Waals surface area (Å²) in [6, 6.07) is 9.50. The van der Waals surface area contributed by atoms with Crippen molar-refractivity contribution < 1.29 is 9.59 Å². The van der Waals surface area contributed by atoms with E-state index in [1.54, 1.807) is 4.90 Å². The number of hydrogen-bond acceptors (Lipinski definition) is 2. The van der Waals surface area contributed by atoms with Crippen LogP contribution in [0.3, 0.4) is 0 Å². The summed E-state index contributed by atoms with van der Waals surface area (Å²) in [5, 5.41) is 2.88. The van der Waals surface area contributed by atoms with E-state index in [9.17, 15) is 9.59 Å². The Bertz CT molecular complexity index is 458. The van der Waals surface area contributed by atoms with E-state index in [1.165, 1.54) is 0 Å². The molecule has 3 rings (SSSR count). The standard InChI is InChI=1S/C13H14N2O2/c16-12-7-6-11-14-13(17)10(15(11)12)8-9-4-2-1-3-5-9/h1-5,10-11H,6-8H2,(H,14,17)/t10-,11?/m1/s1. The summed E-state index contributed by atoms with van der Waals surface area (Å²) in [6.07, 6.45) is 1.84. The molecule has 0 radical (unpaired) electrons. The SMILES string of the molecule is O=C1NC2CCC(=O)N2[C@@H]1Cc1ccccc1. The van der Waals surface area contributed by atoms with Crippen LogP contribution in [0.1, 0.15) is 18.4 Å². The highest BCUT2D eigenvalue weighted by Crippen LogP contribution is 2.26. The van der Waals surface area contributed by atoms with Crippen molar-refractivity contribution in [3.05, 3.63) is 35.9 Å². The number of carbonyl (C=O) groups is 2. The molecule has 0 aromatic heterocycles. The average molecular weight is 230 g/mol. The Morgan fingerprint density at radius 2 is 2.00 bits per heavy atom. The van der Waals surface area contributed by atoms with Crippen LogP contribution in [0.15, 0.2) is 30.3 Å². The monoisotopic (exact) mass is 230 g/mol. The minimum absolute atomic E-state index is 0.0214. The lowest BCUT2D eigenvalue weighted by Crippen LogP contribution is -2.38. The molecule has 2 atom stereocenters. The van der Waals surface area contributed by atoms with Crippen LogP contribution in [0, 0.1) is 0 Å². The first-order valence-corrected chi connectivity index (χ1v) is 5.91. The van der Waals surface area contributed by atoms with Crippen LogP contribution in [0.25, 0.3) is 0 Å². The largest absolute Gasteiger partial charge is 0.334 e. The van der Waals surface area contributed by atoms with E-state index >= 15 is 0 Å². The Balaban J connectivity index is 1.82. The van der Waals surface area contributed by atoms with Crippen molar-refractivity contribution in [2.75, 3.05) is 0 Å². The Kier molecular flexibility index (Phi) is 2.35. The van der Waals surface area contributed by atoms with Gasteiger partial charge in [0.1, 0.15) is 12.2 Å². The molecule has 2 aliphatic heterocycles. The minimum atomic E-state index is -0.322. The lowest BCUT2D eigenvalue weighted by atomic mass is 10.1. The zero-order valence-corrected chi connectivity index (χ0v) is 9.43. The molecule has 1 aromatic rings. The summed E-state index contributed by atoms with van der Waals surface area (Å²) in [6.45, 7) is 0. The first-order valence-electron chi connectivity index (χ1n) is 5.91. The second-order valence-corrected chi connectivity index (χ2v) is 4.57. The van der Waals surface area contributed by atoms with Crippen LogP contribution in [-0.2, 0) is 16.0 Å². The molecular weight excluding hydrogens is 216 g/mol. The highest BCUT2D eigenvalue weighted by molar-refractivity contribution is 5.93. The van der Waals surface area contributed by atoms with Crippen molar-refractivity contribution in [2.45, 2.75) is 31.5 Å². The van der Waals surface area contributed by atoms with Crippen LogP contribution in [0.5, 0.6) is 0 Å². The minimum Gasteiger partial charge on any atom is -0.334 e. The maximum absolute atomic E-state index is 11.8. The van der Waals surface area contributed by atoms with Crippen LogP contribution in [0.4, 0.5) is 0 Å². The maximum atomic E-state index is 11.8. The van der Waals surface area contributed by atoms with Crippen molar-refractivity contribution in [1.29, 1.82) is 0 Å². The fourth-order valence-corrected chi connectivity index (χ4v) is 2.65. The lowest BCUT2D eigenvalue weighted by molar-refractivity contribution is -0.133. The third kappa shape index (κ3) is 1.69. The Labute approximate surface area is 99.6 Å². The molecule has 1 unspecified atom stereocenters. The molecule has 2 saturated heterocycles. The summed E-state index contributed by atoms with van der Waals surface area (Å²) >= 11 is 0. The summed E-state index contributed by atoms with van der Waals surface area (Å²) < 4.78 is 0. The van der Waals surface area contributed by atoms with Gasteiger partial charge in [-0.2, -0.15) is 0 Å². The quantitative estimate of drug-likeness (QED) is 0.812. The second-order valence-electron chi connectivity index (χ2n) is 4.57. The molecule has 4 nitrogen and oxygen atoms in total. The van der Waals surface area contributed by atoms with E-state index in [0.717, 1.165) is 12.0 Å². The fraction of sp³-hybridized carbons (Fsp3) is 0.385. The molecule has 2 heterocycles. The molecule has 2 fully saturated rings. The van der Waals surface area contributed by atoms with Gasteiger partial charge < -0.3 is 10.2 Å². The van der Waals surface area contributed by atoms with Crippen LogP contribution < -0.4 is 5.32 Å². The lowest BCUT2D eigenvalue weighted by Gasteiger charge is -2.20. The summed E-state index contributed by atoms with van der Waals surface area (Å²) in [5.41, 5.74) is 1.09. The van der Waals surface area contributed by atoms with E-state index in [-0.39, 0.29) is 24.0 Å². The van der Waals surface area contributed by atoms with Crippen LogP contribution in [-0.4, -0.2) is 28.9 Å². The van der Waals surface area contributed by atoms with Gasteiger partial charge in [-0.25, -0.2) is 0 Å². The Morgan fingerprint density at radius 1 is 1.24 bits per heavy atom. The normalized spacial score (nSPS) is 27.2. The van der Waals surface area contributed by atoms with E-state index in [0.29, 0.717) is 12.8 Å². The van der Waals surface area contributed by atoms with Crippen molar-refractivity contribution in [2.24, 2.45) is 0 Å². The third-order valence-electron chi connectivity index (χ3n) is 3.47. The molecule has 0 aliphatic carbocycles. The molecule has 1 N–H and O–H groups in total. The Hall–Kier alpha value is -1.84. The molecule has 88 valence electrons. The van der Waals surface area contributed by atoms with Gasteiger partial charge in [0.05, 0.1) is 0 Å². The number of nitrogens with one attached hydrogen (secondary N) is 1. The van der Waals surface area contributed by atoms with E-state index < -0.39 is 0 Å². The van der Waals surface area contributed by atoms with Gasteiger partial charge in [0.25, 0.3) is 0 Å². The first-order chi connectivity index (χ1) is 8.25. The number of amides is 2. The highest BCUT2D eigenvalue weighted by Gasteiger charge is 2.45. The van der Waals surface area contributed by atoms with Gasteiger partial charge >= 0.3 is 0 Å². The number of benzene rings is 1. The van der Waals surface area contributed by atoms with Crippen LogP contribution in [0.2, 0.25) is 0 Å². The molecular formula is C13H14N2O2. The van der Waals surface area contributed by atoms with Crippen molar-refractivity contribution in [1.82, 2.24) is 10.2 Å². The van der Waals surface area contributed by atoms with Gasteiger partial charge in [-0.3, -0.25) is 9.59 Å². The predicted octanol–water partition coefficient (Wildman–Crippen LogP) is 0.676. The van der Waals surface area contributed by atoms with Gasteiger partial charge in [-0.05, 0) is 12.0 Å². The van der Waals surface area contributed by atoms with E-state index in [2.05, 4.69) is 5.32 Å². The highest BCUT2D eigenvalue weighted by atomic mass is 16.2. The first kappa shape index (κ1) is 10.3. The summed E-state index contributed by atoms with van der Waals surface area (Å²) in [4.78, 5) is 25.3. The molecule has 1 aromatic carbocycles. The maximum Gasteiger partial charge on any atom is 0.244 e. The van der Waals surface area contributed by atoms with Crippen LogP contribution >= 0.6 is 0 Å².